The normalized spacial score (nSPS) is 31.9. The quantitative estimate of drug-likeness (QED) is 0.702. The van der Waals surface area contributed by atoms with Gasteiger partial charge in [-0.05, 0) is 30.2 Å². The molecule has 1 atom stereocenters. The molecule has 1 rings (SSSR count). The molecule has 1 aliphatic rings. The highest BCUT2D eigenvalue weighted by Gasteiger charge is 2.48. The van der Waals surface area contributed by atoms with E-state index in [2.05, 4.69) is 13.8 Å². The van der Waals surface area contributed by atoms with Crippen LogP contribution in [0.15, 0.2) is 0 Å². The maximum atomic E-state index is 10.8. The van der Waals surface area contributed by atoms with E-state index in [9.17, 15) is 4.79 Å². The van der Waals surface area contributed by atoms with Gasteiger partial charge in [-0.3, -0.25) is 4.79 Å². The van der Waals surface area contributed by atoms with Crippen LogP contribution in [0.3, 0.4) is 0 Å². The van der Waals surface area contributed by atoms with Gasteiger partial charge >= 0.3 is 5.97 Å². The van der Waals surface area contributed by atoms with Crippen LogP contribution < -0.4 is 5.73 Å². The monoisotopic (exact) mass is 185 g/mol. The Morgan fingerprint density at radius 3 is 2.38 bits per heavy atom. The van der Waals surface area contributed by atoms with Gasteiger partial charge in [0, 0.05) is 0 Å². The van der Waals surface area contributed by atoms with Gasteiger partial charge in [-0.25, -0.2) is 0 Å². The lowest BCUT2D eigenvalue weighted by Gasteiger charge is -2.39. The molecule has 0 radical (unpaired) electrons. The van der Waals surface area contributed by atoms with Gasteiger partial charge in [0.05, 0.1) is 6.42 Å². The van der Waals surface area contributed by atoms with Crippen molar-refractivity contribution in [2.45, 2.75) is 39.5 Å². The Hall–Kier alpha value is -0.570. The summed E-state index contributed by atoms with van der Waals surface area (Å²) < 4.78 is 0. The van der Waals surface area contributed by atoms with Gasteiger partial charge in [0.2, 0.25) is 0 Å². The van der Waals surface area contributed by atoms with Crippen LogP contribution in [0.25, 0.3) is 0 Å². The smallest absolute Gasteiger partial charge is 0.303 e. The van der Waals surface area contributed by atoms with Crippen LogP contribution in [0.2, 0.25) is 0 Å². The zero-order valence-corrected chi connectivity index (χ0v) is 8.47. The van der Waals surface area contributed by atoms with Crippen LogP contribution in [0, 0.1) is 10.8 Å². The minimum atomic E-state index is -0.722. The summed E-state index contributed by atoms with van der Waals surface area (Å²) in [7, 11) is 0. The fourth-order valence-electron chi connectivity index (χ4n) is 2.54. The van der Waals surface area contributed by atoms with Gasteiger partial charge in [0.25, 0.3) is 0 Å². The number of hydrogen-bond donors (Lipinski definition) is 2. The Morgan fingerprint density at radius 1 is 1.46 bits per heavy atom. The number of aliphatic carboxylic acids is 1. The predicted molar refractivity (Wildman–Crippen MR) is 51.4 cm³/mol. The average molecular weight is 185 g/mol. The Kier molecular flexibility index (Phi) is 2.66. The largest absolute Gasteiger partial charge is 0.481 e. The minimum Gasteiger partial charge on any atom is -0.481 e. The molecule has 0 aromatic heterocycles. The summed E-state index contributed by atoms with van der Waals surface area (Å²) in [6.45, 7) is 4.76. The molecular formula is C10H19NO2. The summed E-state index contributed by atoms with van der Waals surface area (Å²) in [4.78, 5) is 10.8. The average Bonchev–Trinajstić information content (AvgIpc) is 2.27. The van der Waals surface area contributed by atoms with E-state index in [1.54, 1.807) is 0 Å². The molecule has 0 aromatic rings. The third-order valence-electron chi connectivity index (χ3n) is 3.77. The molecule has 1 fully saturated rings. The lowest BCUT2D eigenvalue weighted by atomic mass is 9.66. The van der Waals surface area contributed by atoms with Gasteiger partial charge in [0.15, 0.2) is 0 Å². The third kappa shape index (κ3) is 1.70. The first-order valence-corrected chi connectivity index (χ1v) is 4.85. The predicted octanol–water partition coefficient (Wildman–Crippen LogP) is 1.62. The first kappa shape index (κ1) is 10.5. The molecule has 13 heavy (non-hydrogen) atoms. The lowest BCUT2D eigenvalue weighted by Crippen LogP contribution is -2.41. The van der Waals surface area contributed by atoms with E-state index in [1.165, 1.54) is 0 Å². The van der Waals surface area contributed by atoms with Gasteiger partial charge in [-0.1, -0.05) is 20.3 Å². The topological polar surface area (TPSA) is 63.3 Å². The van der Waals surface area contributed by atoms with E-state index in [0.29, 0.717) is 6.54 Å². The summed E-state index contributed by atoms with van der Waals surface area (Å²) in [5.41, 5.74) is 5.65. The van der Waals surface area contributed by atoms with Crippen molar-refractivity contribution in [1.82, 2.24) is 0 Å². The first-order chi connectivity index (χ1) is 5.93. The van der Waals surface area contributed by atoms with Crippen molar-refractivity contribution >= 4 is 5.97 Å². The molecule has 3 N–H and O–H groups in total. The first-order valence-electron chi connectivity index (χ1n) is 4.85. The molecule has 0 heterocycles. The summed E-state index contributed by atoms with van der Waals surface area (Å²) >= 11 is 0. The molecule has 0 spiro atoms. The highest BCUT2D eigenvalue weighted by molar-refractivity contribution is 5.68. The summed E-state index contributed by atoms with van der Waals surface area (Å²) in [5, 5.41) is 8.85. The molecule has 1 aliphatic carbocycles. The molecular weight excluding hydrogens is 166 g/mol. The van der Waals surface area contributed by atoms with Crippen LogP contribution in [0.1, 0.15) is 39.5 Å². The zero-order valence-electron chi connectivity index (χ0n) is 8.47. The van der Waals surface area contributed by atoms with Crippen LogP contribution in [-0.4, -0.2) is 17.6 Å². The maximum absolute atomic E-state index is 10.8. The number of carboxylic acid groups (broad SMARTS) is 1. The van der Waals surface area contributed by atoms with E-state index in [4.69, 9.17) is 10.8 Å². The zero-order chi connectivity index (χ0) is 10.1. The highest BCUT2D eigenvalue weighted by Crippen LogP contribution is 2.53. The molecule has 0 amide bonds. The molecule has 0 unspecified atom stereocenters. The SMILES string of the molecule is CC1(C)CCC[C@@]1(CN)CC(=O)O. The molecule has 0 aliphatic heterocycles. The number of rotatable bonds is 3. The summed E-state index contributed by atoms with van der Waals surface area (Å²) in [6, 6.07) is 0. The standard InChI is InChI=1S/C10H19NO2/c1-9(2)4-3-5-10(9,7-11)6-8(12)13/h3-7,11H2,1-2H3,(H,12,13)/t10-/m0/s1. The van der Waals surface area contributed by atoms with E-state index in [1.807, 2.05) is 0 Å². The Balaban J connectivity index is 2.85. The molecule has 0 aromatic carbocycles. The van der Waals surface area contributed by atoms with Gasteiger partial charge in [0.1, 0.15) is 0 Å². The van der Waals surface area contributed by atoms with Gasteiger partial charge in [-0.15, -0.1) is 0 Å². The molecule has 1 saturated carbocycles. The maximum Gasteiger partial charge on any atom is 0.303 e. The fraction of sp³-hybridized carbons (Fsp3) is 0.900. The molecule has 76 valence electrons. The van der Waals surface area contributed by atoms with Crippen molar-refractivity contribution in [1.29, 1.82) is 0 Å². The highest BCUT2D eigenvalue weighted by atomic mass is 16.4. The van der Waals surface area contributed by atoms with Crippen molar-refractivity contribution in [3.8, 4) is 0 Å². The number of hydrogen-bond acceptors (Lipinski definition) is 2. The number of carboxylic acids is 1. The second kappa shape index (κ2) is 3.29. The second-order valence-electron chi connectivity index (χ2n) is 4.79. The van der Waals surface area contributed by atoms with Crippen LogP contribution >= 0.6 is 0 Å². The minimum absolute atomic E-state index is 0.0835. The van der Waals surface area contributed by atoms with Crippen molar-refractivity contribution in [2.24, 2.45) is 16.6 Å². The second-order valence-corrected chi connectivity index (χ2v) is 4.79. The van der Waals surface area contributed by atoms with Crippen molar-refractivity contribution < 1.29 is 9.90 Å². The molecule has 3 heteroatoms. The van der Waals surface area contributed by atoms with Crippen molar-refractivity contribution in [2.75, 3.05) is 6.54 Å². The molecule has 0 bridgehead atoms. The molecule has 3 nitrogen and oxygen atoms in total. The number of carbonyl (C=O) groups is 1. The Labute approximate surface area is 79.3 Å². The van der Waals surface area contributed by atoms with Crippen LogP contribution in [0.5, 0.6) is 0 Å². The Morgan fingerprint density at radius 2 is 2.08 bits per heavy atom. The van der Waals surface area contributed by atoms with E-state index >= 15 is 0 Å². The molecule has 0 saturated heterocycles. The summed E-state index contributed by atoms with van der Waals surface area (Å²) in [6.07, 6.45) is 3.38. The van der Waals surface area contributed by atoms with Crippen LogP contribution in [-0.2, 0) is 4.79 Å². The summed E-state index contributed by atoms with van der Waals surface area (Å²) in [5.74, 6) is -0.722. The van der Waals surface area contributed by atoms with E-state index in [-0.39, 0.29) is 17.3 Å². The van der Waals surface area contributed by atoms with Crippen molar-refractivity contribution in [3.05, 3.63) is 0 Å². The van der Waals surface area contributed by atoms with E-state index < -0.39 is 5.97 Å². The fourth-order valence-corrected chi connectivity index (χ4v) is 2.54. The third-order valence-corrected chi connectivity index (χ3v) is 3.77. The van der Waals surface area contributed by atoms with Gasteiger partial charge < -0.3 is 10.8 Å². The lowest BCUT2D eigenvalue weighted by molar-refractivity contribution is -0.141. The number of nitrogens with two attached hydrogens (primary N) is 1. The van der Waals surface area contributed by atoms with Gasteiger partial charge in [-0.2, -0.15) is 0 Å². The Bertz CT molecular complexity index is 213. The van der Waals surface area contributed by atoms with Crippen LogP contribution in [0.4, 0.5) is 0 Å². The van der Waals surface area contributed by atoms with E-state index in [0.717, 1.165) is 19.3 Å². The van der Waals surface area contributed by atoms with Crippen molar-refractivity contribution in [3.63, 3.8) is 0 Å².